The Labute approximate surface area is 138 Å². The van der Waals surface area contributed by atoms with E-state index in [1.807, 2.05) is 38.1 Å². The minimum atomic E-state index is 0.0472. The van der Waals surface area contributed by atoms with E-state index in [0.29, 0.717) is 12.6 Å². The number of fused-ring (bicyclic) bond motifs is 1. The highest BCUT2D eigenvalue weighted by atomic mass is 16.2. The number of carbonyl (C=O) groups is 1. The summed E-state index contributed by atoms with van der Waals surface area (Å²) in [7, 11) is 0. The van der Waals surface area contributed by atoms with Gasteiger partial charge >= 0.3 is 0 Å². The summed E-state index contributed by atoms with van der Waals surface area (Å²) in [5.74, 6) is 0.0472. The summed E-state index contributed by atoms with van der Waals surface area (Å²) in [4.78, 5) is 14.8. The molecule has 1 amide bonds. The van der Waals surface area contributed by atoms with Crippen LogP contribution in [-0.4, -0.2) is 18.5 Å². The molecule has 1 heterocycles. The van der Waals surface area contributed by atoms with E-state index >= 15 is 0 Å². The molecule has 2 aromatic rings. The summed E-state index contributed by atoms with van der Waals surface area (Å²) in [6.07, 6.45) is 2.18. The van der Waals surface area contributed by atoms with Gasteiger partial charge in [0.1, 0.15) is 0 Å². The van der Waals surface area contributed by atoms with Gasteiger partial charge in [0.05, 0.1) is 6.54 Å². The number of rotatable bonds is 3. The zero-order valence-electron chi connectivity index (χ0n) is 14.1. The van der Waals surface area contributed by atoms with Gasteiger partial charge in [-0.2, -0.15) is 0 Å². The van der Waals surface area contributed by atoms with Gasteiger partial charge in [0.25, 0.3) is 0 Å². The minimum Gasteiger partial charge on any atom is -0.359 e. The van der Waals surface area contributed by atoms with E-state index in [2.05, 4.69) is 35.3 Å². The van der Waals surface area contributed by atoms with Crippen LogP contribution in [0.25, 0.3) is 0 Å². The molecule has 0 saturated heterocycles. The van der Waals surface area contributed by atoms with E-state index in [9.17, 15) is 4.79 Å². The van der Waals surface area contributed by atoms with Gasteiger partial charge in [-0.1, -0.05) is 36.4 Å². The highest BCUT2D eigenvalue weighted by Crippen LogP contribution is 2.30. The van der Waals surface area contributed by atoms with Gasteiger partial charge in [-0.05, 0) is 56.4 Å². The van der Waals surface area contributed by atoms with E-state index < -0.39 is 0 Å². The molecule has 3 rings (SSSR count). The maximum absolute atomic E-state index is 12.6. The van der Waals surface area contributed by atoms with Crippen LogP contribution in [0.2, 0.25) is 0 Å². The lowest BCUT2D eigenvalue weighted by molar-refractivity contribution is -0.115. The van der Waals surface area contributed by atoms with Crippen LogP contribution < -0.4 is 10.2 Å². The molecular weight excluding hydrogens is 284 g/mol. The van der Waals surface area contributed by atoms with Gasteiger partial charge in [-0.3, -0.25) is 4.79 Å². The van der Waals surface area contributed by atoms with Crippen LogP contribution in [0.1, 0.15) is 30.0 Å². The van der Waals surface area contributed by atoms with E-state index in [-0.39, 0.29) is 5.91 Å². The average Bonchev–Trinajstić information content (AvgIpc) is 2.54. The quantitative estimate of drug-likeness (QED) is 0.926. The van der Waals surface area contributed by atoms with Crippen molar-refractivity contribution in [2.24, 2.45) is 0 Å². The molecule has 23 heavy (non-hydrogen) atoms. The number of hydrogen-bond donors (Lipinski definition) is 1. The van der Waals surface area contributed by atoms with Crippen molar-refractivity contribution in [1.82, 2.24) is 0 Å². The molecule has 0 saturated carbocycles. The largest absolute Gasteiger partial charge is 0.359 e. The van der Waals surface area contributed by atoms with Crippen molar-refractivity contribution in [2.75, 3.05) is 16.8 Å². The standard InChI is InChI=1S/C20H24N2O/c1-14-7-6-8-15(2)20(14)21-19(23)13-22-16(3)11-12-17-9-4-5-10-18(17)22/h4-10,16H,11-13H2,1-3H3,(H,21,23)/t16-/m0/s1. The average molecular weight is 308 g/mol. The molecule has 1 N–H and O–H groups in total. The summed E-state index contributed by atoms with van der Waals surface area (Å²) in [6, 6.07) is 14.9. The summed E-state index contributed by atoms with van der Waals surface area (Å²) in [5.41, 5.74) is 5.68. The zero-order chi connectivity index (χ0) is 16.4. The van der Waals surface area contributed by atoms with Crippen LogP contribution in [0.4, 0.5) is 11.4 Å². The molecular formula is C20H24N2O. The molecule has 1 aliphatic rings. The third-order valence-corrected chi connectivity index (χ3v) is 4.72. The lowest BCUT2D eigenvalue weighted by Gasteiger charge is -2.36. The number of para-hydroxylation sites is 2. The molecule has 0 fully saturated rings. The maximum atomic E-state index is 12.6. The van der Waals surface area contributed by atoms with Crippen molar-refractivity contribution in [1.29, 1.82) is 0 Å². The van der Waals surface area contributed by atoms with Crippen molar-refractivity contribution < 1.29 is 4.79 Å². The first-order valence-corrected chi connectivity index (χ1v) is 8.27. The minimum absolute atomic E-state index is 0.0472. The molecule has 3 heteroatoms. The number of carbonyl (C=O) groups excluding carboxylic acids is 1. The Bertz CT molecular complexity index is 703. The predicted octanol–water partition coefficient (Wildman–Crippen LogP) is 4.08. The zero-order valence-corrected chi connectivity index (χ0v) is 14.1. The molecule has 120 valence electrons. The van der Waals surface area contributed by atoms with Gasteiger partial charge in [0.15, 0.2) is 0 Å². The molecule has 0 aromatic heterocycles. The fourth-order valence-corrected chi connectivity index (χ4v) is 3.35. The summed E-state index contributed by atoms with van der Waals surface area (Å²) in [6.45, 7) is 6.65. The maximum Gasteiger partial charge on any atom is 0.243 e. The summed E-state index contributed by atoms with van der Waals surface area (Å²) < 4.78 is 0. The number of aryl methyl sites for hydroxylation is 3. The van der Waals surface area contributed by atoms with Gasteiger partial charge in [0.2, 0.25) is 5.91 Å². The van der Waals surface area contributed by atoms with Crippen LogP contribution in [0.3, 0.4) is 0 Å². The van der Waals surface area contributed by atoms with E-state index in [0.717, 1.165) is 29.7 Å². The van der Waals surface area contributed by atoms with Crippen molar-refractivity contribution in [3.05, 3.63) is 59.2 Å². The molecule has 2 aromatic carbocycles. The first-order chi connectivity index (χ1) is 11.1. The predicted molar refractivity (Wildman–Crippen MR) is 96.1 cm³/mol. The molecule has 3 nitrogen and oxygen atoms in total. The molecule has 0 bridgehead atoms. The number of hydrogen-bond acceptors (Lipinski definition) is 2. The Morgan fingerprint density at radius 1 is 1.13 bits per heavy atom. The lowest BCUT2D eigenvalue weighted by Crippen LogP contribution is -2.42. The monoisotopic (exact) mass is 308 g/mol. The van der Waals surface area contributed by atoms with Crippen molar-refractivity contribution in [2.45, 2.75) is 39.7 Å². The van der Waals surface area contributed by atoms with Crippen LogP contribution in [-0.2, 0) is 11.2 Å². The number of benzene rings is 2. The number of nitrogens with zero attached hydrogens (tertiary/aromatic N) is 1. The van der Waals surface area contributed by atoms with Gasteiger partial charge in [-0.15, -0.1) is 0 Å². The summed E-state index contributed by atoms with van der Waals surface area (Å²) in [5, 5.41) is 3.10. The highest BCUT2D eigenvalue weighted by Gasteiger charge is 2.24. The normalized spacial score (nSPS) is 16.8. The molecule has 0 aliphatic carbocycles. The first-order valence-electron chi connectivity index (χ1n) is 8.27. The molecule has 1 atom stereocenters. The van der Waals surface area contributed by atoms with Crippen LogP contribution in [0.15, 0.2) is 42.5 Å². The Morgan fingerprint density at radius 2 is 1.83 bits per heavy atom. The van der Waals surface area contributed by atoms with Crippen LogP contribution >= 0.6 is 0 Å². The molecule has 1 aliphatic heterocycles. The fourth-order valence-electron chi connectivity index (χ4n) is 3.35. The SMILES string of the molecule is Cc1cccc(C)c1NC(=O)CN1c2ccccc2CC[C@@H]1C. The second-order valence-electron chi connectivity index (χ2n) is 6.46. The Hall–Kier alpha value is -2.29. The Kier molecular flexibility index (Phi) is 4.37. The Balaban J connectivity index is 1.78. The van der Waals surface area contributed by atoms with Crippen molar-refractivity contribution in [3.8, 4) is 0 Å². The topological polar surface area (TPSA) is 32.3 Å². The number of amides is 1. The van der Waals surface area contributed by atoms with Crippen molar-refractivity contribution >= 4 is 17.3 Å². The highest BCUT2D eigenvalue weighted by molar-refractivity contribution is 5.95. The third kappa shape index (κ3) is 3.24. The second-order valence-corrected chi connectivity index (χ2v) is 6.46. The van der Waals surface area contributed by atoms with E-state index in [4.69, 9.17) is 0 Å². The van der Waals surface area contributed by atoms with Gasteiger partial charge in [0, 0.05) is 17.4 Å². The van der Waals surface area contributed by atoms with Gasteiger partial charge < -0.3 is 10.2 Å². The number of anilines is 2. The summed E-state index contributed by atoms with van der Waals surface area (Å²) >= 11 is 0. The second kappa shape index (κ2) is 6.45. The molecule has 0 unspecified atom stereocenters. The van der Waals surface area contributed by atoms with E-state index in [1.54, 1.807) is 0 Å². The van der Waals surface area contributed by atoms with Crippen LogP contribution in [0, 0.1) is 13.8 Å². The molecule has 0 spiro atoms. The van der Waals surface area contributed by atoms with Gasteiger partial charge in [-0.25, -0.2) is 0 Å². The smallest absolute Gasteiger partial charge is 0.243 e. The van der Waals surface area contributed by atoms with E-state index in [1.165, 1.54) is 11.3 Å². The first kappa shape index (κ1) is 15.6. The molecule has 0 radical (unpaired) electrons. The number of nitrogens with one attached hydrogen (secondary N) is 1. The Morgan fingerprint density at radius 3 is 2.57 bits per heavy atom. The fraction of sp³-hybridized carbons (Fsp3) is 0.350. The van der Waals surface area contributed by atoms with Crippen molar-refractivity contribution in [3.63, 3.8) is 0 Å². The third-order valence-electron chi connectivity index (χ3n) is 4.72. The lowest BCUT2D eigenvalue weighted by atomic mass is 9.96. The van der Waals surface area contributed by atoms with Crippen LogP contribution in [0.5, 0.6) is 0 Å².